The van der Waals surface area contributed by atoms with E-state index in [1.807, 2.05) is 30.3 Å². The highest BCUT2D eigenvalue weighted by molar-refractivity contribution is 7.96. The Hall–Kier alpha value is -2.67. The summed E-state index contributed by atoms with van der Waals surface area (Å²) in [5.41, 5.74) is 4.68. The molecule has 0 spiro atoms. The number of aryl methyl sites for hydroxylation is 1. The lowest BCUT2D eigenvalue weighted by molar-refractivity contribution is 0.0321. The van der Waals surface area contributed by atoms with Crippen LogP contribution >= 0.6 is 11.9 Å². The van der Waals surface area contributed by atoms with Gasteiger partial charge in [-0.15, -0.1) is 0 Å². The Morgan fingerprint density at radius 3 is 2.56 bits per heavy atom. The maximum atomic E-state index is 13.3. The number of anilines is 2. The molecule has 0 bridgehead atoms. The molecule has 1 saturated heterocycles. The molecule has 1 saturated carbocycles. The molecule has 0 radical (unpaired) electrons. The largest absolute Gasteiger partial charge is 0.385 e. The van der Waals surface area contributed by atoms with Gasteiger partial charge in [0.1, 0.15) is 5.82 Å². The van der Waals surface area contributed by atoms with Gasteiger partial charge in [-0.2, -0.15) is 0 Å². The smallest absolute Gasteiger partial charge is 0.123 e. The minimum Gasteiger partial charge on any atom is -0.385 e. The van der Waals surface area contributed by atoms with E-state index in [1.165, 1.54) is 23.9 Å². The SMILES string of the molecule is CSN1CC2CC(O)(c3ccccc3)CC2(c2cc(C=N)c(Nc3ccc(F)cc3)cc2C)C1. The average Bonchev–Trinajstić information content (AvgIpc) is 3.32. The number of benzene rings is 3. The standard InChI is InChI=1S/C28H30FN3OS/c1-19-12-26(31-24-10-8-23(29)9-11-24)20(15-30)13-25(19)27-17-28(33,21-6-4-3-5-7-21)14-22(27)16-32(18-27)34-2/h3-13,15,22,30-31,33H,14,16-18H2,1-2H3. The number of fused-ring (bicyclic) bond motifs is 1. The molecule has 1 heterocycles. The van der Waals surface area contributed by atoms with E-state index in [9.17, 15) is 9.50 Å². The van der Waals surface area contributed by atoms with E-state index in [0.717, 1.165) is 47.6 Å². The summed E-state index contributed by atoms with van der Waals surface area (Å²) < 4.78 is 15.7. The maximum Gasteiger partial charge on any atom is 0.123 e. The summed E-state index contributed by atoms with van der Waals surface area (Å²) in [6, 6.07) is 20.5. The summed E-state index contributed by atoms with van der Waals surface area (Å²) in [6.45, 7) is 3.93. The summed E-state index contributed by atoms with van der Waals surface area (Å²) >= 11 is 1.76. The molecule has 1 aliphatic carbocycles. The summed E-state index contributed by atoms with van der Waals surface area (Å²) in [5.74, 6) is 0.0413. The van der Waals surface area contributed by atoms with Gasteiger partial charge in [0.2, 0.25) is 0 Å². The highest BCUT2D eigenvalue weighted by Gasteiger charge is 2.59. The van der Waals surface area contributed by atoms with Crippen LogP contribution < -0.4 is 5.32 Å². The van der Waals surface area contributed by atoms with Crippen LogP contribution in [0.1, 0.15) is 35.1 Å². The Bertz CT molecular complexity index is 1200. The van der Waals surface area contributed by atoms with Gasteiger partial charge in [-0.25, -0.2) is 8.70 Å². The van der Waals surface area contributed by atoms with Crippen LogP contribution in [0.5, 0.6) is 0 Å². The second kappa shape index (κ2) is 8.84. The molecule has 0 amide bonds. The minimum atomic E-state index is -0.862. The fourth-order valence-electron chi connectivity index (χ4n) is 6.08. The van der Waals surface area contributed by atoms with Crippen molar-refractivity contribution < 1.29 is 9.50 Å². The van der Waals surface area contributed by atoms with E-state index >= 15 is 0 Å². The first-order valence-electron chi connectivity index (χ1n) is 11.6. The van der Waals surface area contributed by atoms with Crippen LogP contribution in [0.25, 0.3) is 0 Å². The lowest BCUT2D eigenvalue weighted by atomic mass is 9.71. The second-order valence-electron chi connectivity index (χ2n) is 9.67. The van der Waals surface area contributed by atoms with Gasteiger partial charge in [0.15, 0.2) is 0 Å². The first kappa shape index (κ1) is 23.1. The third-order valence-electron chi connectivity index (χ3n) is 7.64. The van der Waals surface area contributed by atoms with Crippen LogP contribution in [-0.2, 0) is 11.0 Å². The molecule has 34 heavy (non-hydrogen) atoms. The van der Waals surface area contributed by atoms with Gasteiger partial charge >= 0.3 is 0 Å². The lowest BCUT2D eigenvalue weighted by Gasteiger charge is -2.34. The van der Waals surface area contributed by atoms with Crippen molar-refractivity contribution in [3.05, 3.63) is 94.8 Å². The zero-order valence-electron chi connectivity index (χ0n) is 19.5. The van der Waals surface area contributed by atoms with Crippen LogP contribution in [0.15, 0.2) is 66.7 Å². The number of nitrogens with one attached hydrogen (secondary N) is 2. The average molecular weight is 476 g/mol. The first-order valence-corrected chi connectivity index (χ1v) is 12.8. The van der Waals surface area contributed by atoms with Gasteiger partial charge in [-0.1, -0.05) is 42.3 Å². The molecule has 1 aliphatic heterocycles. The third kappa shape index (κ3) is 3.94. The molecular formula is C28H30FN3OS. The number of halogens is 1. The summed E-state index contributed by atoms with van der Waals surface area (Å²) in [4.78, 5) is 0. The quantitative estimate of drug-likeness (QED) is 0.302. The van der Waals surface area contributed by atoms with Crippen molar-refractivity contribution in [2.45, 2.75) is 30.8 Å². The minimum absolute atomic E-state index is 0.191. The molecule has 6 heteroatoms. The topological polar surface area (TPSA) is 59.4 Å². The van der Waals surface area contributed by atoms with Gasteiger partial charge in [-0.3, -0.25) is 0 Å². The van der Waals surface area contributed by atoms with Gasteiger partial charge in [0.05, 0.1) is 5.60 Å². The molecule has 0 aromatic heterocycles. The van der Waals surface area contributed by atoms with E-state index in [-0.39, 0.29) is 11.2 Å². The summed E-state index contributed by atoms with van der Waals surface area (Å²) in [5, 5.41) is 23.3. The van der Waals surface area contributed by atoms with E-state index in [0.29, 0.717) is 12.3 Å². The Balaban J connectivity index is 1.56. The highest BCUT2D eigenvalue weighted by Crippen LogP contribution is 2.59. The molecule has 3 aromatic rings. The van der Waals surface area contributed by atoms with Crippen molar-refractivity contribution in [3.8, 4) is 0 Å². The Kier molecular flexibility index (Phi) is 6.00. The zero-order chi connectivity index (χ0) is 23.9. The number of hydrogen-bond donors (Lipinski definition) is 3. The zero-order valence-corrected chi connectivity index (χ0v) is 20.3. The van der Waals surface area contributed by atoms with Crippen molar-refractivity contribution in [1.82, 2.24) is 4.31 Å². The Labute approximate surface area is 204 Å². The Morgan fingerprint density at radius 2 is 1.88 bits per heavy atom. The molecule has 3 unspecified atom stereocenters. The maximum absolute atomic E-state index is 13.3. The van der Waals surface area contributed by atoms with E-state index in [4.69, 9.17) is 5.41 Å². The molecule has 3 aromatic carbocycles. The van der Waals surface area contributed by atoms with Crippen LogP contribution in [0.4, 0.5) is 15.8 Å². The predicted octanol–water partition coefficient (Wildman–Crippen LogP) is 6.00. The summed E-state index contributed by atoms with van der Waals surface area (Å²) in [6.07, 6.45) is 4.88. The lowest BCUT2D eigenvalue weighted by Crippen LogP contribution is -2.34. The predicted molar refractivity (Wildman–Crippen MR) is 139 cm³/mol. The van der Waals surface area contributed by atoms with Crippen LogP contribution in [-0.4, -0.2) is 35.0 Å². The molecule has 2 fully saturated rings. The van der Waals surface area contributed by atoms with E-state index < -0.39 is 5.60 Å². The van der Waals surface area contributed by atoms with Crippen molar-refractivity contribution >= 4 is 29.5 Å². The van der Waals surface area contributed by atoms with E-state index in [1.54, 1.807) is 24.1 Å². The number of hydrogen-bond acceptors (Lipinski definition) is 5. The molecule has 3 N–H and O–H groups in total. The van der Waals surface area contributed by atoms with Crippen molar-refractivity contribution in [2.24, 2.45) is 5.92 Å². The van der Waals surface area contributed by atoms with Gasteiger partial charge < -0.3 is 15.8 Å². The number of aliphatic hydroxyl groups is 1. The molecule has 3 atom stereocenters. The van der Waals surface area contributed by atoms with Crippen molar-refractivity contribution in [3.63, 3.8) is 0 Å². The van der Waals surface area contributed by atoms with Gasteiger partial charge in [-0.05, 0) is 85.0 Å². The monoisotopic (exact) mass is 475 g/mol. The second-order valence-corrected chi connectivity index (χ2v) is 10.5. The summed E-state index contributed by atoms with van der Waals surface area (Å²) in [7, 11) is 0. The van der Waals surface area contributed by atoms with Crippen molar-refractivity contribution in [2.75, 3.05) is 24.7 Å². The van der Waals surface area contributed by atoms with Gasteiger partial charge in [0.25, 0.3) is 0 Å². The Morgan fingerprint density at radius 1 is 1.15 bits per heavy atom. The third-order valence-corrected chi connectivity index (χ3v) is 8.43. The van der Waals surface area contributed by atoms with Gasteiger partial charge in [0, 0.05) is 41.7 Å². The molecule has 5 rings (SSSR count). The number of rotatable bonds is 6. The molecule has 176 valence electrons. The first-order chi connectivity index (χ1) is 16.4. The fraction of sp³-hybridized carbons (Fsp3) is 0.321. The van der Waals surface area contributed by atoms with Crippen molar-refractivity contribution in [1.29, 1.82) is 5.41 Å². The van der Waals surface area contributed by atoms with Crippen LogP contribution in [0.3, 0.4) is 0 Å². The van der Waals surface area contributed by atoms with Crippen LogP contribution in [0, 0.1) is 24.1 Å². The van der Waals surface area contributed by atoms with Crippen LogP contribution in [0.2, 0.25) is 0 Å². The molecule has 4 nitrogen and oxygen atoms in total. The highest BCUT2D eigenvalue weighted by atomic mass is 32.2. The fourth-order valence-corrected chi connectivity index (χ4v) is 6.76. The van der Waals surface area contributed by atoms with E-state index in [2.05, 4.69) is 34.9 Å². The molecule has 2 aliphatic rings. The molecular weight excluding hydrogens is 445 g/mol. The normalized spacial score (nSPS) is 26.4. The number of nitrogens with zero attached hydrogens (tertiary/aromatic N) is 1.